The summed E-state index contributed by atoms with van der Waals surface area (Å²) in [5.41, 5.74) is 0.487. The second-order valence-electron chi connectivity index (χ2n) is 7.51. The number of hydrogen-bond donors (Lipinski definition) is 1. The van der Waals surface area contributed by atoms with Gasteiger partial charge in [0.1, 0.15) is 0 Å². The van der Waals surface area contributed by atoms with Gasteiger partial charge in [-0.2, -0.15) is 0 Å². The molecule has 120 valence electrons. The molecule has 0 bridgehead atoms. The van der Waals surface area contributed by atoms with Gasteiger partial charge in [0.25, 0.3) is 0 Å². The molecule has 1 aliphatic heterocycles. The van der Waals surface area contributed by atoms with Crippen LogP contribution in [0.4, 0.5) is 0 Å². The SMILES string of the molecule is CC(C)OCCCNCCN1CCC(C(C)(C)C)CC1. The smallest absolute Gasteiger partial charge is 0.0518 e. The van der Waals surface area contributed by atoms with E-state index in [0.29, 0.717) is 11.5 Å². The van der Waals surface area contributed by atoms with Gasteiger partial charge in [-0.1, -0.05) is 20.8 Å². The minimum absolute atomic E-state index is 0.360. The second-order valence-corrected chi connectivity index (χ2v) is 7.51. The van der Waals surface area contributed by atoms with E-state index in [4.69, 9.17) is 4.74 Å². The van der Waals surface area contributed by atoms with Gasteiger partial charge >= 0.3 is 0 Å². The van der Waals surface area contributed by atoms with Crippen molar-refractivity contribution >= 4 is 0 Å². The average Bonchev–Trinajstić information content (AvgIpc) is 2.37. The van der Waals surface area contributed by atoms with Crippen LogP contribution in [0.5, 0.6) is 0 Å². The molecule has 0 saturated carbocycles. The lowest BCUT2D eigenvalue weighted by molar-refractivity contribution is 0.0767. The van der Waals surface area contributed by atoms with Crippen molar-refractivity contribution in [2.75, 3.05) is 39.3 Å². The molecule has 1 rings (SSSR count). The minimum Gasteiger partial charge on any atom is -0.379 e. The Morgan fingerprint density at radius 1 is 1.15 bits per heavy atom. The Bertz CT molecular complexity index is 240. The van der Waals surface area contributed by atoms with Crippen LogP contribution < -0.4 is 5.32 Å². The largest absolute Gasteiger partial charge is 0.379 e. The Morgan fingerprint density at radius 2 is 1.80 bits per heavy atom. The summed E-state index contributed by atoms with van der Waals surface area (Å²) in [5.74, 6) is 0.903. The first-order chi connectivity index (χ1) is 9.39. The zero-order valence-electron chi connectivity index (χ0n) is 14.4. The zero-order chi connectivity index (χ0) is 15.0. The van der Waals surface area contributed by atoms with Crippen molar-refractivity contribution in [2.24, 2.45) is 11.3 Å². The van der Waals surface area contributed by atoms with Gasteiger partial charge in [-0.15, -0.1) is 0 Å². The molecular weight excluding hydrogens is 248 g/mol. The molecular formula is C17H36N2O. The first kappa shape index (κ1) is 17.9. The molecule has 0 amide bonds. The quantitative estimate of drug-likeness (QED) is 0.693. The molecule has 0 atom stereocenters. The van der Waals surface area contributed by atoms with Gasteiger partial charge in [0.05, 0.1) is 6.10 Å². The minimum atomic E-state index is 0.360. The lowest BCUT2D eigenvalue weighted by Crippen LogP contribution is -2.41. The summed E-state index contributed by atoms with van der Waals surface area (Å²) in [4.78, 5) is 2.61. The molecule has 0 unspecified atom stereocenters. The summed E-state index contributed by atoms with van der Waals surface area (Å²) in [6, 6.07) is 0. The van der Waals surface area contributed by atoms with Crippen LogP contribution in [-0.4, -0.2) is 50.3 Å². The van der Waals surface area contributed by atoms with Crippen molar-refractivity contribution in [1.29, 1.82) is 0 Å². The van der Waals surface area contributed by atoms with Crippen molar-refractivity contribution in [3.8, 4) is 0 Å². The molecule has 0 aromatic rings. The summed E-state index contributed by atoms with van der Waals surface area (Å²) in [6.07, 6.45) is 4.21. The molecule has 1 N–H and O–H groups in total. The van der Waals surface area contributed by atoms with Gasteiger partial charge in [0.2, 0.25) is 0 Å². The van der Waals surface area contributed by atoms with Gasteiger partial charge in [-0.05, 0) is 64.1 Å². The monoisotopic (exact) mass is 284 g/mol. The third kappa shape index (κ3) is 7.61. The molecule has 3 nitrogen and oxygen atoms in total. The highest BCUT2D eigenvalue weighted by Gasteiger charge is 2.28. The van der Waals surface area contributed by atoms with Crippen LogP contribution in [0, 0.1) is 11.3 Å². The van der Waals surface area contributed by atoms with Crippen molar-refractivity contribution in [3.05, 3.63) is 0 Å². The number of rotatable bonds is 8. The summed E-state index contributed by atoms with van der Waals surface area (Å²) >= 11 is 0. The second kappa shape index (κ2) is 9.01. The van der Waals surface area contributed by atoms with E-state index in [0.717, 1.165) is 32.0 Å². The first-order valence-corrected chi connectivity index (χ1v) is 8.44. The lowest BCUT2D eigenvalue weighted by Gasteiger charge is -2.38. The Labute approximate surface area is 126 Å². The predicted octanol–water partition coefficient (Wildman–Crippen LogP) is 3.15. The number of likely N-dealkylation sites (tertiary alicyclic amines) is 1. The Balaban J connectivity index is 1.97. The summed E-state index contributed by atoms with van der Waals surface area (Å²) in [6.45, 7) is 18.1. The highest BCUT2D eigenvalue weighted by Crippen LogP contribution is 2.33. The molecule has 0 radical (unpaired) electrons. The zero-order valence-corrected chi connectivity index (χ0v) is 14.4. The molecule has 0 spiro atoms. The van der Waals surface area contributed by atoms with Crippen LogP contribution in [0.1, 0.15) is 53.9 Å². The number of hydrogen-bond acceptors (Lipinski definition) is 3. The topological polar surface area (TPSA) is 24.5 Å². The van der Waals surface area contributed by atoms with E-state index in [-0.39, 0.29) is 0 Å². The summed E-state index contributed by atoms with van der Waals surface area (Å²) < 4.78 is 5.53. The lowest BCUT2D eigenvalue weighted by atomic mass is 9.75. The highest BCUT2D eigenvalue weighted by atomic mass is 16.5. The molecule has 1 saturated heterocycles. The van der Waals surface area contributed by atoms with E-state index < -0.39 is 0 Å². The van der Waals surface area contributed by atoms with Crippen LogP contribution in [-0.2, 0) is 4.74 Å². The Hall–Kier alpha value is -0.120. The van der Waals surface area contributed by atoms with Gasteiger partial charge < -0.3 is 15.0 Å². The van der Waals surface area contributed by atoms with Gasteiger partial charge in [0.15, 0.2) is 0 Å². The predicted molar refractivity (Wildman–Crippen MR) is 87.2 cm³/mol. The van der Waals surface area contributed by atoms with Crippen LogP contribution in [0.3, 0.4) is 0 Å². The van der Waals surface area contributed by atoms with E-state index in [1.807, 2.05) is 0 Å². The molecule has 0 aromatic heterocycles. The summed E-state index contributed by atoms with van der Waals surface area (Å²) in [7, 11) is 0. The summed E-state index contributed by atoms with van der Waals surface area (Å²) in [5, 5.41) is 3.53. The fraction of sp³-hybridized carbons (Fsp3) is 1.00. The Morgan fingerprint density at radius 3 is 2.35 bits per heavy atom. The maximum atomic E-state index is 5.53. The van der Waals surface area contributed by atoms with Crippen molar-refractivity contribution in [2.45, 2.75) is 60.0 Å². The number of piperidine rings is 1. The van der Waals surface area contributed by atoms with Crippen molar-refractivity contribution in [3.63, 3.8) is 0 Å². The third-order valence-electron chi connectivity index (χ3n) is 4.37. The van der Waals surface area contributed by atoms with Crippen LogP contribution in [0.2, 0.25) is 0 Å². The molecule has 20 heavy (non-hydrogen) atoms. The first-order valence-electron chi connectivity index (χ1n) is 8.44. The average molecular weight is 284 g/mol. The van der Waals surface area contributed by atoms with Crippen molar-refractivity contribution in [1.82, 2.24) is 10.2 Å². The third-order valence-corrected chi connectivity index (χ3v) is 4.37. The van der Waals surface area contributed by atoms with Crippen molar-refractivity contribution < 1.29 is 4.74 Å². The molecule has 1 aliphatic rings. The van der Waals surface area contributed by atoms with Crippen LogP contribution in [0.25, 0.3) is 0 Å². The van der Waals surface area contributed by atoms with E-state index in [2.05, 4.69) is 44.8 Å². The maximum absolute atomic E-state index is 5.53. The number of nitrogens with zero attached hydrogens (tertiary/aromatic N) is 1. The number of nitrogens with one attached hydrogen (secondary N) is 1. The van der Waals surface area contributed by atoms with Gasteiger partial charge in [-0.25, -0.2) is 0 Å². The van der Waals surface area contributed by atoms with E-state index in [9.17, 15) is 0 Å². The fourth-order valence-corrected chi connectivity index (χ4v) is 2.90. The van der Waals surface area contributed by atoms with Crippen LogP contribution >= 0.6 is 0 Å². The van der Waals surface area contributed by atoms with E-state index >= 15 is 0 Å². The molecule has 1 fully saturated rings. The van der Waals surface area contributed by atoms with Gasteiger partial charge in [-0.3, -0.25) is 0 Å². The maximum Gasteiger partial charge on any atom is 0.0518 e. The number of ether oxygens (including phenoxy) is 1. The molecule has 0 aliphatic carbocycles. The van der Waals surface area contributed by atoms with E-state index in [1.54, 1.807) is 0 Å². The van der Waals surface area contributed by atoms with Gasteiger partial charge in [0, 0.05) is 19.7 Å². The fourth-order valence-electron chi connectivity index (χ4n) is 2.90. The standard InChI is InChI=1S/C17H36N2O/c1-15(2)20-14-6-9-18-10-13-19-11-7-16(8-12-19)17(3,4)5/h15-16,18H,6-14H2,1-5H3. The highest BCUT2D eigenvalue weighted by molar-refractivity contribution is 4.80. The molecule has 3 heteroatoms. The molecule has 0 aromatic carbocycles. The van der Waals surface area contributed by atoms with E-state index in [1.165, 1.54) is 32.5 Å². The molecule has 1 heterocycles. The normalized spacial score (nSPS) is 18.9. The Kier molecular flexibility index (Phi) is 8.08. The van der Waals surface area contributed by atoms with Crippen LogP contribution in [0.15, 0.2) is 0 Å².